The number of primary sulfonamides is 1. The van der Waals surface area contributed by atoms with Gasteiger partial charge in [0, 0.05) is 10.6 Å². The zero-order valence-corrected chi connectivity index (χ0v) is 9.46. The third-order valence-electron chi connectivity index (χ3n) is 1.82. The quantitative estimate of drug-likeness (QED) is 0.831. The number of benzene rings is 1. The Morgan fingerprint density at radius 1 is 1.38 bits per heavy atom. The van der Waals surface area contributed by atoms with E-state index in [0.29, 0.717) is 10.6 Å². The molecule has 6 nitrogen and oxygen atoms in total. The summed E-state index contributed by atoms with van der Waals surface area (Å²) in [7, 11) is -3.86. The van der Waals surface area contributed by atoms with E-state index in [1.54, 1.807) is 24.3 Å². The molecule has 3 N–H and O–H groups in total. The van der Waals surface area contributed by atoms with Crippen LogP contribution >= 0.6 is 11.6 Å². The number of H-pyrrole nitrogens is 1. The molecule has 1 aromatic heterocycles. The molecule has 0 aliphatic carbocycles. The van der Waals surface area contributed by atoms with Crippen LogP contribution in [0.2, 0.25) is 5.02 Å². The molecule has 0 bridgehead atoms. The molecular formula is C8H7ClN4O2S. The van der Waals surface area contributed by atoms with Gasteiger partial charge in [-0.1, -0.05) is 23.7 Å². The highest BCUT2D eigenvalue weighted by Gasteiger charge is 2.14. The van der Waals surface area contributed by atoms with Gasteiger partial charge in [0.2, 0.25) is 0 Å². The van der Waals surface area contributed by atoms with E-state index in [9.17, 15) is 8.42 Å². The number of aromatic nitrogens is 3. The fourth-order valence-corrected chi connectivity index (χ4v) is 1.71. The summed E-state index contributed by atoms with van der Waals surface area (Å²) < 4.78 is 21.9. The molecule has 0 saturated heterocycles. The molecule has 0 fully saturated rings. The third-order valence-corrected chi connectivity index (χ3v) is 2.77. The van der Waals surface area contributed by atoms with Crippen LogP contribution in [-0.4, -0.2) is 23.6 Å². The number of halogens is 1. The van der Waals surface area contributed by atoms with E-state index in [1.807, 2.05) is 0 Å². The van der Waals surface area contributed by atoms with Crippen LogP contribution in [-0.2, 0) is 10.0 Å². The summed E-state index contributed by atoms with van der Waals surface area (Å²) in [6, 6.07) is 6.74. The Morgan fingerprint density at radius 3 is 2.69 bits per heavy atom. The van der Waals surface area contributed by atoms with Gasteiger partial charge in [0.1, 0.15) is 0 Å². The molecule has 1 aromatic carbocycles. The predicted molar refractivity (Wildman–Crippen MR) is 58.2 cm³/mol. The monoisotopic (exact) mass is 258 g/mol. The fraction of sp³-hybridized carbons (Fsp3) is 0. The zero-order chi connectivity index (χ0) is 11.8. The second-order valence-electron chi connectivity index (χ2n) is 3.02. The smallest absolute Gasteiger partial charge is 0.248 e. The number of hydrogen-bond donors (Lipinski definition) is 2. The summed E-state index contributed by atoms with van der Waals surface area (Å²) in [5.74, 6) is 0.228. The summed E-state index contributed by atoms with van der Waals surface area (Å²) in [5.41, 5.74) is 0.610. The van der Waals surface area contributed by atoms with Crippen molar-refractivity contribution >= 4 is 21.6 Å². The van der Waals surface area contributed by atoms with Gasteiger partial charge in [0.25, 0.3) is 15.2 Å². The van der Waals surface area contributed by atoms with Crippen molar-refractivity contribution in [3.05, 3.63) is 29.3 Å². The fourth-order valence-electron chi connectivity index (χ4n) is 1.13. The molecule has 8 heteroatoms. The van der Waals surface area contributed by atoms with Crippen molar-refractivity contribution < 1.29 is 8.42 Å². The average Bonchev–Trinajstić information content (AvgIpc) is 2.65. The standard InChI is InChI=1S/C8H7ClN4O2S/c9-6-3-1-2-5(4-6)7-11-8(13-12-7)16(10,14)15/h1-4H,(H2,10,14,15)(H,11,12,13). The van der Waals surface area contributed by atoms with E-state index >= 15 is 0 Å². The second-order valence-corrected chi connectivity index (χ2v) is 4.93. The molecule has 2 aromatic rings. The maximum atomic E-state index is 11.0. The van der Waals surface area contributed by atoms with Gasteiger partial charge in [0.15, 0.2) is 5.82 Å². The molecular weight excluding hydrogens is 252 g/mol. The molecule has 0 unspecified atom stereocenters. The Morgan fingerprint density at radius 2 is 2.12 bits per heavy atom. The first kappa shape index (κ1) is 11.1. The van der Waals surface area contributed by atoms with E-state index in [2.05, 4.69) is 15.2 Å². The molecule has 0 aliphatic rings. The van der Waals surface area contributed by atoms with Crippen molar-refractivity contribution in [2.24, 2.45) is 5.14 Å². The Kier molecular flexibility index (Phi) is 2.66. The number of sulfonamides is 1. The van der Waals surface area contributed by atoms with Gasteiger partial charge in [-0.25, -0.2) is 18.7 Å². The van der Waals surface area contributed by atoms with Crippen molar-refractivity contribution in [1.82, 2.24) is 15.2 Å². The van der Waals surface area contributed by atoms with Gasteiger partial charge in [-0.15, -0.1) is 0 Å². The highest BCUT2D eigenvalue weighted by molar-refractivity contribution is 7.89. The van der Waals surface area contributed by atoms with Crippen LogP contribution in [0, 0.1) is 0 Å². The summed E-state index contributed by atoms with van der Waals surface area (Å²) in [6.45, 7) is 0. The molecule has 0 aliphatic heterocycles. The van der Waals surface area contributed by atoms with E-state index < -0.39 is 10.0 Å². The molecule has 0 spiro atoms. The SMILES string of the molecule is NS(=O)(=O)c1nc(-c2cccc(Cl)c2)n[nH]1. The first-order valence-corrected chi connectivity index (χ1v) is 6.10. The Bertz CT molecular complexity index is 622. The minimum Gasteiger partial charge on any atom is -0.248 e. The van der Waals surface area contributed by atoms with E-state index in [-0.39, 0.29) is 11.0 Å². The molecule has 84 valence electrons. The first-order chi connectivity index (χ1) is 7.47. The molecule has 0 radical (unpaired) electrons. The summed E-state index contributed by atoms with van der Waals surface area (Å²) >= 11 is 5.78. The average molecular weight is 259 g/mol. The lowest BCUT2D eigenvalue weighted by Gasteiger charge is -1.94. The molecule has 0 amide bonds. The highest BCUT2D eigenvalue weighted by Crippen LogP contribution is 2.19. The van der Waals surface area contributed by atoms with E-state index in [0.717, 1.165) is 0 Å². The van der Waals surface area contributed by atoms with Gasteiger partial charge in [-0.3, -0.25) is 0 Å². The van der Waals surface area contributed by atoms with Crippen LogP contribution < -0.4 is 5.14 Å². The van der Waals surface area contributed by atoms with Crippen molar-refractivity contribution in [3.8, 4) is 11.4 Å². The lowest BCUT2D eigenvalue weighted by Crippen LogP contribution is -2.13. The first-order valence-electron chi connectivity index (χ1n) is 4.18. The van der Waals surface area contributed by atoms with Gasteiger partial charge in [0.05, 0.1) is 0 Å². The van der Waals surface area contributed by atoms with Gasteiger partial charge in [-0.2, -0.15) is 10.1 Å². The molecule has 2 rings (SSSR count). The van der Waals surface area contributed by atoms with Gasteiger partial charge in [-0.05, 0) is 12.1 Å². The van der Waals surface area contributed by atoms with Gasteiger partial charge >= 0.3 is 0 Å². The van der Waals surface area contributed by atoms with Crippen LogP contribution in [0.3, 0.4) is 0 Å². The minimum absolute atomic E-state index is 0.228. The highest BCUT2D eigenvalue weighted by atomic mass is 35.5. The van der Waals surface area contributed by atoms with Crippen LogP contribution in [0.1, 0.15) is 0 Å². The van der Waals surface area contributed by atoms with Crippen molar-refractivity contribution in [2.75, 3.05) is 0 Å². The lowest BCUT2D eigenvalue weighted by molar-refractivity contribution is 0.589. The molecule has 0 atom stereocenters. The normalized spacial score (nSPS) is 11.6. The van der Waals surface area contributed by atoms with Gasteiger partial charge < -0.3 is 0 Å². The number of rotatable bonds is 2. The zero-order valence-electron chi connectivity index (χ0n) is 7.88. The van der Waals surface area contributed by atoms with Crippen molar-refractivity contribution in [1.29, 1.82) is 0 Å². The number of nitrogens with two attached hydrogens (primary N) is 1. The maximum absolute atomic E-state index is 11.0. The third kappa shape index (κ3) is 2.21. The van der Waals surface area contributed by atoms with Crippen LogP contribution in [0.5, 0.6) is 0 Å². The van der Waals surface area contributed by atoms with Crippen LogP contribution in [0.25, 0.3) is 11.4 Å². The Balaban J connectivity index is 2.47. The summed E-state index contributed by atoms with van der Waals surface area (Å²) in [6.07, 6.45) is 0. The summed E-state index contributed by atoms with van der Waals surface area (Å²) in [4.78, 5) is 3.75. The van der Waals surface area contributed by atoms with E-state index in [1.165, 1.54) is 0 Å². The Hall–Kier alpha value is -1.44. The molecule has 1 heterocycles. The molecule has 16 heavy (non-hydrogen) atoms. The van der Waals surface area contributed by atoms with Crippen LogP contribution in [0.4, 0.5) is 0 Å². The van der Waals surface area contributed by atoms with Crippen molar-refractivity contribution in [2.45, 2.75) is 5.16 Å². The van der Waals surface area contributed by atoms with Crippen LogP contribution in [0.15, 0.2) is 29.4 Å². The molecule has 0 saturated carbocycles. The van der Waals surface area contributed by atoms with Crippen molar-refractivity contribution in [3.63, 3.8) is 0 Å². The van der Waals surface area contributed by atoms with E-state index in [4.69, 9.17) is 16.7 Å². The topological polar surface area (TPSA) is 102 Å². The minimum atomic E-state index is -3.86. The Labute approximate surface area is 96.5 Å². The lowest BCUT2D eigenvalue weighted by atomic mass is 10.2. The largest absolute Gasteiger partial charge is 0.273 e. The second kappa shape index (κ2) is 3.85. The summed E-state index contributed by atoms with van der Waals surface area (Å²) in [5, 5.41) is 11.0. The number of aromatic amines is 1. The number of nitrogens with zero attached hydrogens (tertiary/aromatic N) is 2. The maximum Gasteiger partial charge on any atom is 0.273 e. The predicted octanol–water partition coefficient (Wildman–Crippen LogP) is 0.773. The number of nitrogens with one attached hydrogen (secondary N) is 1. The number of hydrogen-bond acceptors (Lipinski definition) is 4.